The maximum absolute atomic E-state index is 4.52. The van der Waals surface area contributed by atoms with Crippen molar-refractivity contribution in [3.63, 3.8) is 0 Å². The summed E-state index contributed by atoms with van der Waals surface area (Å²) in [5.74, 6) is 1.23. The Hall–Kier alpha value is -0.130. The predicted octanol–water partition coefficient (Wildman–Crippen LogP) is 3.96. The Morgan fingerprint density at radius 2 is 2.14 bits per heavy atom. The number of rotatable bonds is 7. The molecule has 4 unspecified atom stereocenters. The fourth-order valence-corrected chi connectivity index (χ4v) is 5.76. The summed E-state index contributed by atoms with van der Waals surface area (Å²) in [6.45, 7) is 11.2. The average Bonchev–Trinajstić information content (AvgIpc) is 2.92. The lowest BCUT2D eigenvalue weighted by molar-refractivity contribution is 0.526. The van der Waals surface area contributed by atoms with Gasteiger partial charge in [0, 0.05) is 45.8 Å². The first kappa shape index (κ1) is 17.2. The Bertz CT molecular complexity index is 421. The van der Waals surface area contributed by atoms with Crippen LogP contribution in [-0.2, 0) is 6.54 Å². The van der Waals surface area contributed by atoms with Crippen LogP contribution >= 0.6 is 23.5 Å². The largest absolute Gasteiger partial charge is 0.309 e. The zero-order chi connectivity index (χ0) is 15.2. The molecule has 3 nitrogen and oxygen atoms in total. The fraction of sp³-hybridized carbons (Fsp3) is 0.812. The summed E-state index contributed by atoms with van der Waals surface area (Å²) in [7, 11) is 0. The van der Waals surface area contributed by atoms with Crippen molar-refractivity contribution in [1.29, 1.82) is 0 Å². The van der Waals surface area contributed by atoms with Gasteiger partial charge in [-0.15, -0.1) is 0 Å². The first-order chi connectivity index (χ1) is 10.2. The Morgan fingerprint density at radius 3 is 2.81 bits per heavy atom. The molecule has 1 aromatic heterocycles. The third-order valence-corrected chi connectivity index (χ3v) is 7.52. The van der Waals surface area contributed by atoms with Gasteiger partial charge >= 0.3 is 0 Å². The second kappa shape index (κ2) is 8.49. The van der Waals surface area contributed by atoms with Crippen molar-refractivity contribution in [3.05, 3.63) is 18.0 Å². The number of hydrogen-bond donors (Lipinski definition) is 1. The molecule has 1 saturated heterocycles. The molecule has 21 heavy (non-hydrogen) atoms. The lowest BCUT2D eigenvalue weighted by atomic mass is 10.1. The van der Waals surface area contributed by atoms with E-state index in [9.17, 15) is 0 Å². The van der Waals surface area contributed by atoms with Crippen LogP contribution in [0.1, 0.15) is 52.1 Å². The molecule has 0 aliphatic carbocycles. The first-order valence-corrected chi connectivity index (χ1v) is 10.2. The van der Waals surface area contributed by atoms with Crippen LogP contribution in [0.3, 0.4) is 0 Å². The molecule has 0 bridgehead atoms. The second-order valence-corrected chi connectivity index (χ2v) is 8.92. The number of nitrogens with one attached hydrogen (secondary N) is 1. The SMILES string of the molecule is CCCNC(c1cnn(CCC)c1)C1CSC(C)C(C)S1. The van der Waals surface area contributed by atoms with E-state index in [4.69, 9.17) is 0 Å². The quantitative estimate of drug-likeness (QED) is 0.821. The molecule has 1 aromatic rings. The van der Waals surface area contributed by atoms with Crippen LogP contribution in [0.4, 0.5) is 0 Å². The van der Waals surface area contributed by atoms with E-state index in [1.54, 1.807) is 0 Å². The van der Waals surface area contributed by atoms with Gasteiger partial charge in [-0.05, 0) is 19.4 Å². The molecule has 1 aliphatic heterocycles. The van der Waals surface area contributed by atoms with Crippen LogP contribution in [0.5, 0.6) is 0 Å². The first-order valence-electron chi connectivity index (χ1n) is 8.18. The molecule has 1 aliphatic rings. The summed E-state index contributed by atoms with van der Waals surface area (Å²) >= 11 is 4.27. The molecule has 0 radical (unpaired) electrons. The predicted molar refractivity (Wildman–Crippen MR) is 96.3 cm³/mol. The minimum Gasteiger partial charge on any atom is -0.309 e. The molecular formula is C16H29N3S2. The smallest absolute Gasteiger partial charge is 0.0538 e. The molecule has 1 fully saturated rings. The fourth-order valence-electron chi connectivity index (χ4n) is 2.64. The van der Waals surface area contributed by atoms with Crippen LogP contribution in [-0.4, -0.2) is 37.8 Å². The highest BCUT2D eigenvalue weighted by molar-refractivity contribution is 8.07. The zero-order valence-electron chi connectivity index (χ0n) is 13.7. The van der Waals surface area contributed by atoms with Gasteiger partial charge in [-0.1, -0.05) is 27.7 Å². The number of aryl methyl sites for hydroxylation is 1. The molecule has 5 heteroatoms. The van der Waals surface area contributed by atoms with Crippen molar-refractivity contribution in [3.8, 4) is 0 Å². The maximum atomic E-state index is 4.52. The normalized spacial score (nSPS) is 27.7. The van der Waals surface area contributed by atoms with Crippen molar-refractivity contribution < 1.29 is 0 Å². The van der Waals surface area contributed by atoms with E-state index < -0.39 is 0 Å². The van der Waals surface area contributed by atoms with E-state index >= 15 is 0 Å². The van der Waals surface area contributed by atoms with Crippen molar-refractivity contribution in [2.45, 2.75) is 68.9 Å². The summed E-state index contributed by atoms with van der Waals surface area (Å²) in [5.41, 5.74) is 1.36. The molecule has 4 atom stereocenters. The second-order valence-electron chi connectivity index (χ2n) is 5.89. The molecule has 2 heterocycles. The number of hydrogen-bond acceptors (Lipinski definition) is 4. The van der Waals surface area contributed by atoms with Gasteiger partial charge in [0.15, 0.2) is 0 Å². The molecule has 2 rings (SSSR count). The molecule has 0 aromatic carbocycles. The monoisotopic (exact) mass is 327 g/mol. The molecule has 1 N–H and O–H groups in total. The lowest BCUT2D eigenvalue weighted by Gasteiger charge is -2.36. The molecule has 0 saturated carbocycles. The minimum atomic E-state index is 0.433. The van der Waals surface area contributed by atoms with Gasteiger partial charge in [0.1, 0.15) is 0 Å². The van der Waals surface area contributed by atoms with Crippen LogP contribution in [0, 0.1) is 0 Å². The summed E-state index contributed by atoms with van der Waals surface area (Å²) in [4.78, 5) is 0. The molecule has 0 amide bonds. The topological polar surface area (TPSA) is 29.9 Å². The van der Waals surface area contributed by atoms with Gasteiger partial charge in [-0.25, -0.2) is 0 Å². The van der Waals surface area contributed by atoms with E-state index in [2.05, 4.69) is 78.7 Å². The number of aromatic nitrogens is 2. The Balaban J connectivity index is 2.09. The van der Waals surface area contributed by atoms with E-state index in [0.717, 1.165) is 30.0 Å². The number of thioether (sulfide) groups is 2. The number of nitrogens with zero attached hydrogens (tertiary/aromatic N) is 2. The Kier molecular flexibility index (Phi) is 6.96. The van der Waals surface area contributed by atoms with Crippen molar-refractivity contribution in [2.75, 3.05) is 12.3 Å². The van der Waals surface area contributed by atoms with Gasteiger partial charge in [-0.3, -0.25) is 4.68 Å². The average molecular weight is 328 g/mol. The third kappa shape index (κ3) is 4.67. The molecule has 0 spiro atoms. The highest BCUT2D eigenvalue weighted by Crippen LogP contribution is 2.41. The van der Waals surface area contributed by atoms with Crippen molar-refractivity contribution in [1.82, 2.24) is 15.1 Å². The minimum absolute atomic E-state index is 0.433. The van der Waals surface area contributed by atoms with Crippen LogP contribution in [0.25, 0.3) is 0 Å². The Morgan fingerprint density at radius 1 is 1.33 bits per heavy atom. The van der Waals surface area contributed by atoms with E-state index in [1.165, 1.54) is 17.7 Å². The van der Waals surface area contributed by atoms with Crippen LogP contribution in [0.15, 0.2) is 12.4 Å². The van der Waals surface area contributed by atoms with Gasteiger partial charge in [0.2, 0.25) is 0 Å². The highest BCUT2D eigenvalue weighted by atomic mass is 32.2. The third-order valence-electron chi connectivity index (χ3n) is 4.02. The summed E-state index contributed by atoms with van der Waals surface area (Å²) in [6.07, 6.45) is 6.62. The van der Waals surface area contributed by atoms with Gasteiger partial charge < -0.3 is 5.32 Å². The van der Waals surface area contributed by atoms with Crippen molar-refractivity contribution >= 4 is 23.5 Å². The molecule has 120 valence electrons. The standard InChI is InChI=1S/C16H29N3S2/c1-5-7-17-16(14-9-18-19(10-14)8-6-2)15-11-20-12(3)13(4)21-15/h9-10,12-13,15-17H,5-8,11H2,1-4H3. The van der Waals surface area contributed by atoms with E-state index in [1.807, 2.05) is 0 Å². The molecular weight excluding hydrogens is 298 g/mol. The van der Waals surface area contributed by atoms with E-state index in [-0.39, 0.29) is 0 Å². The van der Waals surface area contributed by atoms with Gasteiger partial charge in [0.05, 0.1) is 6.20 Å². The zero-order valence-corrected chi connectivity index (χ0v) is 15.3. The summed E-state index contributed by atoms with van der Waals surface area (Å²) in [5, 5.41) is 10.4. The maximum Gasteiger partial charge on any atom is 0.0538 e. The lowest BCUT2D eigenvalue weighted by Crippen LogP contribution is -2.37. The van der Waals surface area contributed by atoms with Crippen molar-refractivity contribution in [2.24, 2.45) is 0 Å². The van der Waals surface area contributed by atoms with Gasteiger partial charge in [0.25, 0.3) is 0 Å². The van der Waals surface area contributed by atoms with E-state index in [0.29, 0.717) is 11.3 Å². The highest BCUT2D eigenvalue weighted by Gasteiger charge is 2.32. The Labute approximate surface area is 138 Å². The van der Waals surface area contributed by atoms with Crippen LogP contribution < -0.4 is 5.32 Å². The summed E-state index contributed by atoms with van der Waals surface area (Å²) < 4.78 is 2.09. The van der Waals surface area contributed by atoms with Gasteiger partial charge in [-0.2, -0.15) is 28.6 Å². The summed E-state index contributed by atoms with van der Waals surface area (Å²) in [6, 6.07) is 0.433. The van der Waals surface area contributed by atoms with Crippen LogP contribution in [0.2, 0.25) is 0 Å².